The Hall–Kier alpha value is -1.90. The molecule has 0 fully saturated rings. The Kier molecular flexibility index (Phi) is 68.7. The van der Waals surface area contributed by atoms with E-state index in [1.807, 2.05) is 188 Å². The van der Waals surface area contributed by atoms with Gasteiger partial charge in [-0.1, -0.05) is 167 Å². The molecule has 0 aliphatic carbocycles. The minimum absolute atomic E-state index is 0. The van der Waals surface area contributed by atoms with Crippen molar-refractivity contribution >= 4 is 0 Å². The third kappa shape index (κ3) is 33.5. The molecule has 5 nitrogen and oxygen atoms in total. The fourth-order valence-corrected chi connectivity index (χ4v) is 2.63. The summed E-state index contributed by atoms with van der Waals surface area (Å²) in [6, 6.07) is 33.7. The molecule has 7 heteroatoms. The van der Waals surface area contributed by atoms with Gasteiger partial charge in [0.05, 0.1) is 29.7 Å². The summed E-state index contributed by atoms with van der Waals surface area (Å²) in [6.07, 6.45) is 0.515. The second-order valence-corrected chi connectivity index (χ2v) is 8.36. The quantitative estimate of drug-likeness (QED) is 0.270. The zero-order valence-electron chi connectivity index (χ0n) is 32.3. The van der Waals surface area contributed by atoms with Crippen LogP contribution in [-0.2, 0) is 17.3 Å². The minimum atomic E-state index is -0.360. The summed E-state index contributed by atoms with van der Waals surface area (Å²) in [7, 11) is 0. The van der Waals surface area contributed by atoms with Crippen molar-refractivity contribution in [2.24, 2.45) is 0 Å². The zero-order chi connectivity index (χ0) is 34.0. The molecule has 0 aromatic heterocycles. The van der Waals surface area contributed by atoms with Crippen LogP contribution in [-0.4, -0.2) is 16.1 Å². The fourth-order valence-electron chi connectivity index (χ4n) is 2.63. The number of aliphatic hydroxyl groups is 1. The van der Waals surface area contributed by atoms with E-state index in [0.717, 1.165) is 16.7 Å². The van der Waals surface area contributed by atoms with Crippen molar-refractivity contribution in [3.63, 3.8) is 0 Å². The summed E-state index contributed by atoms with van der Waals surface area (Å²) in [5.74, 6) is 0.203. The van der Waals surface area contributed by atoms with Crippen LogP contribution in [0.2, 0.25) is 0 Å². The Morgan fingerprint density at radius 2 is 0.870 bits per heavy atom. The molecule has 3 rings (SSSR count). The van der Waals surface area contributed by atoms with Crippen molar-refractivity contribution in [2.75, 3.05) is 0 Å². The van der Waals surface area contributed by atoms with Crippen LogP contribution in [0.3, 0.4) is 0 Å². The van der Waals surface area contributed by atoms with Gasteiger partial charge in [0.25, 0.3) is 0 Å². The van der Waals surface area contributed by atoms with E-state index in [2.05, 4.69) is 18.7 Å². The maximum atomic E-state index is 9.34. The van der Waals surface area contributed by atoms with E-state index in [-0.39, 0.29) is 86.7 Å². The molecule has 0 saturated heterocycles. The van der Waals surface area contributed by atoms with Crippen molar-refractivity contribution < 1.29 is 75.2 Å². The second-order valence-electron chi connectivity index (χ2n) is 8.36. The SMILES string of the molecule is C=C(O)C(C)(C)c1ccccc1.CC.CC.CC.CC.CC.CC(C)(C#N)c1ccccc1.N#CCc1ccccc1.[Na+].[Na+].[OH-].[OH-]. The molecular formula is C39H64N2Na2O3. The topological polar surface area (TPSA) is 128 Å². The molecule has 0 aliphatic rings. The van der Waals surface area contributed by atoms with Gasteiger partial charge in [0.1, 0.15) is 0 Å². The van der Waals surface area contributed by atoms with Gasteiger partial charge in [-0.2, -0.15) is 10.5 Å². The van der Waals surface area contributed by atoms with Crippen LogP contribution in [0.15, 0.2) is 103 Å². The second kappa shape index (κ2) is 47.5. The largest absolute Gasteiger partial charge is 1.00 e. The van der Waals surface area contributed by atoms with Crippen LogP contribution in [0.4, 0.5) is 0 Å². The van der Waals surface area contributed by atoms with E-state index < -0.39 is 0 Å². The van der Waals surface area contributed by atoms with Gasteiger partial charge in [0, 0.05) is 5.41 Å². The average Bonchev–Trinajstić information content (AvgIpc) is 3.08. The van der Waals surface area contributed by atoms with Gasteiger partial charge in [0.15, 0.2) is 0 Å². The molecule has 0 amide bonds. The third-order valence-electron chi connectivity index (χ3n) is 5.12. The van der Waals surface area contributed by atoms with Crippen LogP contribution >= 0.6 is 0 Å². The number of nitriles is 2. The van der Waals surface area contributed by atoms with Gasteiger partial charge in [-0.25, -0.2) is 0 Å². The van der Waals surface area contributed by atoms with Crippen LogP contribution in [0.1, 0.15) is 114 Å². The molecule has 0 unspecified atom stereocenters. The Labute approximate surface area is 329 Å². The predicted molar refractivity (Wildman–Crippen MR) is 193 cm³/mol. The Morgan fingerprint density at radius 3 is 1.13 bits per heavy atom. The third-order valence-corrected chi connectivity index (χ3v) is 5.12. The summed E-state index contributed by atoms with van der Waals surface area (Å²) in [4.78, 5) is 0. The van der Waals surface area contributed by atoms with Crippen molar-refractivity contribution in [3.8, 4) is 12.1 Å². The first-order chi connectivity index (χ1) is 20.1. The standard InChI is InChI=1S/C11H14O.C10H11N.C8H7N.5C2H6.2Na.2H2O/c1-9(12)11(2,3)10-7-5-4-6-8-10;1-10(2,8-11)9-6-4-3-5-7-9;9-7-6-8-4-2-1-3-5-8;5*1-2;;;;/h4-8,12H,1H2,2-3H3;3-7H,1-2H3;1-5H,6H2;5*1-2H3;;;2*1H2/q;;;;;;;;2*+1;;/p-2. The Morgan fingerprint density at radius 1 is 0.587 bits per heavy atom. The number of rotatable bonds is 4. The van der Waals surface area contributed by atoms with Gasteiger partial charge >= 0.3 is 59.1 Å². The minimum Gasteiger partial charge on any atom is -0.870 e. The molecule has 0 radical (unpaired) electrons. The predicted octanol–water partition coefficient (Wildman–Crippen LogP) is 6.06. The molecule has 0 saturated carbocycles. The van der Waals surface area contributed by atoms with E-state index in [1.165, 1.54) is 0 Å². The molecule has 0 atom stereocenters. The van der Waals surface area contributed by atoms with E-state index in [1.54, 1.807) is 0 Å². The van der Waals surface area contributed by atoms with Crippen molar-refractivity contribution in [1.29, 1.82) is 10.5 Å². The molecular weight excluding hydrogens is 590 g/mol. The van der Waals surface area contributed by atoms with Crippen LogP contribution < -0.4 is 59.1 Å². The Balaban J connectivity index is -0.0000000541. The molecule has 0 heterocycles. The van der Waals surface area contributed by atoms with E-state index >= 15 is 0 Å². The first kappa shape index (κ1) is 66.5. The smallest absolute Gasteiger partial charge is 0.870 e. The molecule has 3 N–H and O–H groups in total. The van der Waals surface area contributed by atoms with E-state index in [0.29, 0.717) is 6.42 Å². The summed E-state index contributed by atoms with van der Waals surface area (Å²) < 4.78 is 0. The number of aliphatic hydroxyl groups excluding tert-OH is 1. The van der Waals surface area contributed by atoms with Gasteiger partial charge in [-0.15, -0.1) is 0 Å². The van der Waals surface area contributed by atoms with Crippen molar-refractivity contribution in [1.82, 2.24) is 0 Å². The van der Waals surface area contributed by atoms with Crippen LogP contribution in [0.5, 0.6) is 0 Å². The van der Waals surface area contributed by atoms with E-state index in [9.17, 15) is 5.11 Å². The molecule has 46 heavy (non-hydrogen) atoms. The molecule has 0 bridgehead atoms. The monoisotopic (exact) mass is 654 g/mol. The zero-order valence-corrected chi connectivity index (χ0v) is 36.3. The molecule has 0 spiro atoms. The maximum absolute atomic E-state index is 9.34. The van der Waals surface area contributed by atoms with Crippen molar-refractivity contribution in [3.05, 3.63) is 120 Å². The fraction of sp³-hybridized carbons (Fsp3) is 0.436. The normalized spacial score (nSPS) is 7.74. The van der Waals surface area contributed by atoms with Crippen LogP contribution in [0.25, 0.3) is 0 Å². The van der Waals surface area contributed by atoms with Gasteiger partial charge in [-0.3, -0.25) is 0 Å². The van der Waals surface area contributed by atoms with Gasteiger partial charge in [-0.05, 0) is 44.4 Å². The number of hydrogen-bond acceptors (Lipinski definition) is 5. The number of hydrogen-bond donors (Lipinski definition) is 1. The van der Waals surface area contributed by atoms with Gasteiger partial charge in [0.2, 0.25) is 0 Å². The van der Waals surface area contributed by atoms with Crippen LogP contribution in [0, 0.1) is 22.7 Å². The Bertz CT molecular complexity index is 1050. The average molecular weight is 655 g/mol. The molecule has 3 aromatic rings. The molecule has 0 aliphatic heterocycles. The number of allylic oxidation sites excluding steroid dienone is 1. The summed E-state index contributed by atoms with van der Waals surface area (Å²) in [5.41, 5.74) is 2.53. The summed E-state index contributed by atoms with van der Waals surface area (Å²) >= 11 is 0. The number of nitrogens with zero attached hydrogens (tertiary/aromatic N) is 2. The van der Waals surface area contributed by atoms with E-state index in [4.69, 9.17) is 10.5 Å². The van der Waals surface area contributed by atoms with Crippen molar-refractivity contribution in [2.45, 2.75) is 114 Å². The maximum Gasteiger partial charge on any atom is 1.00 e. The first-order valence-electron chi connectivity index (χ1n) is 15.5. The number of benzene rings is 3. The summed E-state index contributed by atoms with van der Waals surface area (Å²) in [6.45, 7) is 31.3. The van der Waals surface area contributed by atoms with Gasteiger partial charge < -0.3 is 16.1 Å². The first-order valence-corrected chi connectivity index (χ1v) is 15.5. The molecule has 250 valence electrons. The summed E-state index contributed by atoms with van der Waals surface area (Å²) in [5, 5.41) is 26.4. The molecule has 3 aromatic carbocycles.